The number of fused-ring (bicyclic) bond motifs is 1. The number of thiazole rings is 1. The second kappa shape index (κ2) is 8.99. The minimum absolute atomic E-state index is 0.126. The first-order valence-corrected chi connectivity index (χ1v) is 10.1. The molecule has 0 unspecified atom stereocenters. The van der Waals surface area contributed by atoms with E-state index >= 15 is 0 Å². The van der Waals surface area contributed by atoms with E-state index in [2.05, 4.69) is 11.1 Å². The van der Waals surface area contributed by atoms with E-state index in [9.17, 15) is 4.79 Å². The Bertz CT molecular complexity index is 787. The van der Waals surface area contributed by atoms with E-state index < -0.39 is 0 Å². The van der Waals surface area contributed by atoms with Crippen molar-refractivity contribution < 1.29 is 4.79 Å². The minimum atomic E-state index is 0.126. The number of thioether (sulfide) groups is 1. The van der Waals surface area contributed by atoms with Gasteiger partial charge in [-0.15, -0.1) is 11.3 Å². The molecule has 0 fully saturated rings. The number of hydrogen-bond acceptors (Lipinski definition) is 5. The van der Waals surface area contributed by atoms with Crippen LogP contribution in [-0.4, -0.2) is 34.6 Å². The van der Waals surface area contributed by atoms with Crippen LogP contribution in [0.25, 0.3) is 10.2 Å². The highest BCUT2D eigenvalue weighted by atomic mass is 32.2. The maximum atomic E-state index is 12.7. The summed E-state index contributed by atoms with van der Waals surface area (Å²) in [6.45, 7) is 1.90. The van der Waals surface area contributed by atoms with Gasteiger partial charge in [0.15, 0.2) is 4.34 Å². The van der Waals surface area contributed by atoms with Crippen molar-refractivity contribution in [2.45, 2.75) is 17.3 Å². The summed E-state index contributed by atoms with van der Waals surface area (Å²) in [5.74, 6) is 0.526. The van der Waals surface area contributed by atoms with Gasteiger partial charge in [0.1, 0.15) is 0 Å². The van der Waals surface area contributed by atoms with Crippen LogP contribution in [0.5, 0.6) is 0 Å². The maximum Gasteiger partial charge on any atom is 0.233 e. The molecule has 6 heteroatoms. The molecular formula is C19H21N3OS2. The number of rotatable bonds is 8. The first-order chi connectivity index (χ1) is 12.3. The fourth-order valence-electron chi connectivity index (χ4n) is 2.51. The van der Waals surface area contributed by atoms with Gasteiger partial charge in [0, 0.05) is 13.1 Å². The molecule has 2 aromatic carbocycles. The Labute approximate surface area is 156 Å². The lowest BCUT2D eigenvalue weighted by Crippen LogP contribution is -2.33. The Morgan fingerprint density at radius 2 is 1.88 bits per heavy atom. The molecule has 0 atom stereocenters. The Morgan fingerprint density at radius 1 is 1.12 bits per heavy atom. The Balaban J connectivity index is 1.62. The largest absolute Gasteiger partial charge is 0.338 e. The minimum Gasteiger partial charge on any atom is -0.338 e. The lowest BCUT2D eigenvalue weighted by molar-refractivity contribution is -0.129. The summed E-state index contributed by atoms with van der Waals surface area (Å²) in [5, 5.41) is 0. The molecular weight excluding hydrogens is 350 g/mol. The van der Waals surface area contributed by atoms with E-state index in [1.807, 2.05) is 53.4 Å². The predicted octanol–water partition coefficient (Wildman–Crippen LogP) is 3.77. The average molecular weight is 372 g/mol. The third kappa shape index (κ3) is 5.04. The fourth-order valence-corrected chi connectivity index (χ4v) is 4.48. The predicted molar refractivity (Wildman–Crippen MR) is 106 cm³/mol. The molecule has 3 rings (SSSR count). The number of carbonyl (C=O) groups is 1. The molecule has 1 amide bonds. The first-order valence-electron chi connectivity index (χ1n) is 8.26. The van der Waals surface area contributed by atoms with Gasteiger partial charge in [-0.3, -0.25) is 4.79 Å². The highest BCUT2D eigenvalue weighted by Gasteiger charge is 2.15. The van der Waals surface area contributed by atoms with Crippen molar-refractivity contribution in [3.63, 3.8) is 0 Å². The number of nitrogens with two attached hydrogens (primary N) is 1. The van der Waals surface area contributed by atoms with Crippen LogP contribution in [0, 0.1) is 0 Å². The van der Waals surface area contributed by atoms with Crippen molar-refractivity contribution in [3.8, 4) is 0 Å². The van der Waals surface area contributed by atoms with Gasteiger partial charge in [-0.05, 0) is 30.7 Å². The number of hydrogen-bond donors (Lipinski definition) is 1. The fraction of sp³-hybridized carbons (Fsp3) is 0.263. The Hall–Kier alpha value is -1.89. The van der Waals surface area contributed by atoms with Crippen molar-refractivity contribution in [2.24, 2.45) is 5.73 Å². The first kappa shape index (κ1) is 17.9. The smallest absolute Gasteiger partial charge is 0.233 e. The summed E-state index contributed by atoms with van der Waals surface area (Å²) in [6, 6.07) is 18.1. The van der Waals surface area contributed by atoms with Gasteiger partial charge in [0.25, 0.3) is 0 Å². The molecule has 0 saturated heterocycles. The van der Waals surface area contributed by atoms with E-state index in [4.69, 9.17) is 5.73 Å². The van der Waals surface area contributed by atoms with Gasteiger partial charge < -0.3 is 10.6 Å². The quantitative estimate of drug-likeness (QED) is 0.613. The van der Waals surface area contributed by atoms with Crippen molar-refractivity contribution in [3.05, 3.63) is 60.2 Å². The summed E-state index contributed by atoms with van der Waals surface area (Å²) >= 11 is 3.15. The zero-order valence-electron chi connectivity index (χ0n) is 13.9. The van der Waals surface area contributed by atoms with Crippen LogP contribution in [0.1, 0.15) is 12.0 Å². The molecule has 25 heavy (non-hydrogen) atoms. The van der Waals surface area contributed by atoms with E-state index in [0.717, 1.165) is 26.5 Å². The molecule has 0 bridgehead atoms. The van der Waals surface area contributed by atoms with Crippen LogP contribution in [0.2, 0.25) is 0 Å². The second-order valence-corrected chi connectivity index (χ2v) is 7.93. The summed E-state index contributed by atoms with van der Waals surface area (Å²) < 4.78 is 2.09. The van der Waals surface area contributed by atoms with Gasteiger partial charge in [-0.1, -0.05) is 54.2 Å². The molecule has 0 spiro atoms. The van der Waals surface area contributed by atoms with Crippen LogP contribution < -0.4 is 5.73 Å². The second-order valence-electron chi connectivity index (χ2n) is 5.68. The monoisotopic (exact) mass is 371 g/mol. The normalized spacial score (nSPS) is 10.9. The highest BCUT2D eigenvalue weighted by molar-refractivity contribution is 8.01. The maximum absolute atomic E-state index is 12.7. The van der Waals surface area contributed by atoms with Gasteiger partial charge in [0.05, 0.1) is 16.0 Å². The molecule has 0 radical (unpaired) electrons. The van der Waals surface area contributed by atoms with Crippen LogP contribution in [0.15, 0.2) is 58.9 Å². The number of amides is 1. The van der Waals surface area contributed by atoms with Crippen LogP contribution in [0.4, 0.5) is 0 Å². The van der Waals surface area contributed by atoms with E-state index in [-0.39, 0.29) is 5.91 Å². The molecule has 1 heterocycles. The Kier molecular flexibility index (Phi) is 6.44. The zero-order valence-corrected chi connectivity index (χ0v) is 15.6. The van der Waals surface area contributed by atoms with Crippen LogP contribution >= 0.6 is 23.1 Å². The number of carbonyl (C=O) groups excluding carboxylic acids is 1. The van der Waals surface area contributed by atoms with E-state index in [0.29, 0.717) is 25.4 Å². The van der Waals surface area contributed by atoms with Crippen LogP contribution in [-0.2, 0) is 11.3 Å². The number of nitrogens with zero attached hydrogens (tertiary/aromatic N) is 2. The summed E-state index contributed by atoms with van der Waals surface area (Å²) in [5.41, 5.74) is 7.76. The van der Waals surface area contributed by atoms with Gasteiger partial charge in [0.2, 0.25) is 5.91 Å². The standard InChI is InChI=1S/C19H21N3OS2/c20-11-6-12-22(13-15-7-2-1-3-8-15)18(23)14-24-19-21-16-9-4-5-10-17(16)25-19/h1-5,7-10H,6,11-14,20H2. The molecule has 130 valence electrons. The van der Waals surface area contributed by atoms with E-state index in [1.165, 1.54) is 11.8 Å². The summed E-state index contributed by atoms with van der Waals surface area (Å²) in [4.78, 5) is 19.2. The molecule has 0 saturated carbocycles. The van der Waals surface area contributed by atoms with Crippen molar-refractivity contribution in [2.75, 3.05) is 18.8 Å². The third-order valence-electron chi connectivity index (χ3n) is 3.79. The third-order valence-corrected chi connectivity index (χ3v) is 5.96. The number of para-hydroxylation sites is 1. The van der Waals surface area contributed by atoms with Crippen molar-refractivity contribution >= 4 is 39.2 Å². The molecule has 4 nitrogen and oxygen atoms in total. The summed E-state index contributed by atoms with van der Waals surface area (Å²) in [7, 11) is 0. The molecule has 0 aliphatic heterocycles. The molecule has 2 N–H and O–H groups in total. The van der Waals surface area contributed by atoms with Gasteiger partial charge in [-0.25, -0.2) is 4.98 Å². The lowest BCUT2D eigenvalue weighted by Gasteiger charge is -2.22. The van der Waals surface area contributed by atoms with Crippen LogP contribution in [0.3, 0.4) is 0 Å². The lowest BCUT2D eigenvalue weighted by atomic mass is 10.2. The molecule has 0 aliphatic carbocycles. The van der Waals surface area contributed by atoms with Crippen molar-refractivity contribution in [1.29, 1.82) is 0 Å². The van der Waals surface area contributed by atoms with Gasteiger partial charge in [-0.2, -0.15) is 0 Å². The van der Waals surface area contributed by atoms with Crippen molar-refractivity contribution in [1.82, 2.24) is 9.88 Å². The zero-order chi connectivity index (χ0) is 17.5. The number of aromatic nitrogens is 1. The molecule has 0 aliphatic rings. The Morgan fingerprint density at radius 3 is 2.64 bits per heavy atom. The molecule has 3 aromatic rings. The summed E-state index contributed by atoms with van der Waals surface area (Å²) in [6.07, 6.45) is 0.810. The van der Waals surface area contributed by atoms with E-state index in [1.54, 1.807) is 11.3 Å². The highest BCUT2D eigenvalue weighted by Crippen LogP contribution is 2.29. The van der Waals surface area contributed by atoms with Gasteiger partial charge >= 0.3 is 0 Å². The average Bonchev–Trinajstić information content (AvgIpc) is 3.07. The molecule has 1 aromatic heterocycles. The SMILES string of the molecule is NCCCN(Cc1ccccc1)C(=O)CSc1nc2ccccc2s1. The topological polar surface area (TPSA) is 59.2 Å². The number of benzene rings is 2.